The molecule has 0 radical (unpaired) electrons. The van der Waals surface area contributed by atoms with Crippen molar-refractivity contribution in [2.24, 2.45) is 10.8 Å². The molecule has 0 fully saturated rings. The summed E-state index contributed by atoms with van der Waals surface area (Å²) in [6.45, 7) is 26.4. The summed E-state index contributed by atoms with van der Waals surface area (Å²) in [5.41, 5.74) is 6.99. The maximum absolute atomic E-state index is 2.24. The Bertz CT molecular complexity index is 629. The molecule has 0 unspecified atom stereocenters. The Morgan fingerprint density at radius 2 is 0.781 bits per heavy atom. The molecule has 1 aliphatic carbocycles. The highest BCUT2D eigenvalue weighted by Gasteiger charge is 2.07. The number of benzene rings is 2. The molecule has 0 bridgehead atoms. The van der Waals surface area contributed by atoms with E-state index in [4.69, 9.17) is 0 Å². The lowest BCUT2D eigenvalue weighted by Gasteiger charge is -2.08. The van der Waals surface area contributed by atoms with Gasteiger partial charge in [-0.25, -0.2) is 0 Å². The van der Waals surface area contributed by atoms with E-state index in [0.29, 0.717) is 22.7 Å². The largest absolute Gasteiger partial charge is 0.0776 e. The van der Waals surface area contributed by atoms with Crippen LogP contribution >= 0.6 is 0 Å². The molecule has 0 saturated carbocycles. The molecule has 1 aliphatic rings. The zero-order chi connectivity index (χ0) is 24.2. The molecule has 0 amide bonds. The lowest BCUT2D eigenvalue weighted by molar-refractivity contribution is 0.469. The second-order valence-corrected chi connectivity index (χ2v) is 12.6. The Kier molecular flexibility index (Phi) is 15.6. The van der Waals surface area contributed by atoms with Crippen LogP contribution in [0.3, 0.4) is 0 Å². The first kappa shape index (κ1) is 32.6. The van der Waals surface area contributed by atoms with Crippen molar-refractivity contribution in [3.05, 3.63) is 70.8 Å². The third-order valence-electron chi connectivity index (χ3n) is 4.28. The summed E-state index contributed by atoms with van der Waals surface area (Å²) in [4.78, 5) is 0. The lowest BCUT2D eigenvalue weighted by atomic mass is 9.97. The van der Waals surface area contributed by atoms with E-state index >= 15 is 0 Å². The van der Waals surface area contributed by atoms with Crippen LogP contribution in [0.15, 0.2) is 48.5 Å². The van der Waals surface area contributed by atoms with Gasteiger partial charge in [0.05, 0.1) is 0 Å². The number of aryl methyl sites for hydroxylation is 2. The lowest BCUT2D eigenvalue weighted by Crippen LogP contribution is -1.93. The molecule has 0 spiro atoms. The quantitative estimate of drug-likeness (QED) is 0.435. The summed E-state index contributed by atoms with van der Waals surface area (Å²) in [6, 6.07) is 17.7. The minimum absolute atomic E-state index is 0. The van der Waals surface area contributed by atoms with Crippen LogP contribution in [0.5, 0.6) is 0 Å². The van der Waals surface area contributed by atoms with Crippen LogP contribution in [-0.4, -0.2) is 0 Å². The molecular weight excluding hydrogens is 384 g/mol. The molecule has 3 rings (SSSR count). The minimum atomic E-state index is 0. The van der Waals surface area contributed by atoms with E-state index in [1.807, 2.05) is 0 Å². The Labute approximate surface area is 203 Å². The minimum Gasteiger partial charge on any atom is -0.0776 e. The van der Waals surface area contributed by atoms with Gasteiger partial charge in [-0.2, -0.15) is 0 Å². The van der Waals surface area contributed by atoms with Gasteiger partial charge >= 0.3 is 0 Å². The fourth-order valence-electron chi connectivity index (χ4n) is 2.78. The van der Waals surface area contributed by atoms with Crippen LogP contribution < -0.4 is 0 Å². The van der Waals surface area contributed by atoms with Crippen LogP contribution in [0.25, 0.3) is 0 Å². The fourth-order valence-corrected chi connectivity index (χ4v) is 2.78. The third-order valence-corrected chi connectivity index (χ3v) is 4.28. The van der Waals surface area contributed by atoms with Gasteiger partial charge in [0.1, 0.15) is 0 Å². The van der Waals surface area contributed by atoms with Gasteiger partial charge < -0.3 is 0 Å². The van der Waals surface area contributed by atoms with Crippen molar-refractivity contribution < 1.29 is 0 Å². The topological polar surface area (TPSA) is 0 Å². The summed E-state index contributed by atoms with van der Waals surface area (Å²) < 4.78 is 0. The molecule has 0 aliphatic heterocycles. The van der Waals surface area contributed by atoms with Gasteiger partial charge in [-0.1, -0.05) is 139 Å². The molecule has 0 heterocycles. The molecule has 184 valence electrons. The second kappa shape index (κ2) is 15.3. The summed E-state index contributed by atoms with van der Waals surface area (Å²) in [7, 11) is 0. The van der Waals surface area contributed by atoms with Crippen molar-refractivity contribution in [1.82, 2.24) is 0 Å². The first-order valence-corrected chi connectivity index (χ1v) is 12.2. The van der Waals surface area contributed by atoms with Crippen LogP contribution in [0.1, 0.15) is 131 Å². The maximum atomic E-state index is 2.24. The SMILES string of the molecule is C.CC(C)(C)C.CC(C)(C)C.CC(C)c1ccc(C(C)C)cc1.c1ccc2c(c1)CCC2. The van der Waals surface area contributed by atoms with E-state index in [-0.39, 0.29) is 7.43 Å². The molecule has 32 heavy (non-hydrogen) atoms. The number of rotatable bonds is 2. The van der Waals surface area contributed by atoms with Crippen molar-refractivity contribution in [3.63, 3.8) is 0 Å². The van der Waals surface area contributed by atoms with E-state index in [9.17, 15) is 0 Å². The third kappa shape index (κ3) is 19.1. The van der Waals surface area contributed by atoms with Crippen molar-refractivity contribution in [2.75, 3.05) is 0 Å². The molecule has 0 aromatic heterocycles. The normalized spacial score (nSPS) is 12.3. The second-order valence-electron chi connectivity index (χ2n) is 12.6. The highest BCUT2D eigenvalue weighted by atomic mass is 14.1. The molecule has 2 aromatic carbocycles. The van der Waals surface area contributed by atoms with Gasteiger partial charge in [0, 0.05) is 0 Å². The van der Waals surface area contributed by atoms with Crippen LogP contribution in [0, 0.1) is 10.8 Å². The number of hydrogen-bond acceptors (Lipinski definition) is 0. The molecular formula is C32H56. The standard InChI is InChI=1S/C12H18.C9H10.2C5H12.CH4/c1-9(2)11-5-7-12(8-6-11)10(3)4;1-2-5-9-7-3-6-8(9)4-1;2*1-5(2,3)4;/h5-10H,1-4H3;1-2,4-5H,3,6-7H2;2*1-4H3;1H4. The Hall–Kier alpha value is -1.56. The fraction of sp³-hybridized carbons (Fsp3) is 0.625. The van der Waals surface area contributed by atoms with Gasteiger partial charge in [-0.05, 0) is 64.2 Å². The average Bonchev–Trinajstić information content (AvgIpc) is 3.08. The first-order valence-electron chi connectivity index (χ1n) is 12.2. The highest BCUT2D eigenvalue weighted by Crippen LogP contribution is 2.20. The van der Waals surface area contributed by atoms with Crippen molar-refractivity contribution in [2.45, 2.75) is 122 Å². The van der Waals surface area contributed by atoms with E-state index in [1.165, 1.54) is 30.4 Å². The summed E-state index contributed by atoms with van der Waals surface area (Å²) >= 11 is 0. The molecule has 0 nitrogen and oxygen atoms in total. The molecule has 2 aromatic rings. The maximum Gasteiger partial charge on any atom is -0.0219 e. The zero-order valence-corrected chi connectivity index (χ0v) is 22.9. The van der Waals surface area contributed by atoms with Gasteiger partial charge in [0.15, 0.2) is 0 Å². The monoisotopic (exact) mass is 440 g/mol. The van der Waals surface area contributed by atoms with Gasteiger partial charge in [-0.15, -0.1) is 0 Å². The molecule has 0 saturated heterocycles. The Morgan fingerprint density at radius 1 is 0.531 bits per heavy atom. The number of hydrogen-bond donors (Lipinski definition) is 0. The Morgan fingerprint density at radius 3 is 1.00 bits per heavy atom. The van der Waals surface area contributed by atoms with Crippen molar-refractivity contribution >= 4 is 0 Å². The van der Waals surface area contributed by atoms with E-state index in [1.54, 1.807) is 11.1 Å². The van der Waals surface area contributed by atoms with E-state index < -0.39 is 0 Å². The van der Waals surface area contributed by atoms with E-state index in [2.05, 4.69) is 132 Å². The van der Waals surface area contributed by atoms with Crippen LogP contribution in [-0.2, 0) is 12.8 Å². The van der Waals surface area contributed by atoms with Crippen LogP contribution in [0.2, 0.25) is 0 Å². The first-order chi connectivity index (χ1) is 14.1. The zero-order valence-electron chi connectivity index (χ0n) is 22.9. The van der Waals surface area contributed by atoms with Crippen molar-refractivity contribution in [1.29, 1.82) is 0 Å². The smallest absolute Gasteiger partial charge is 0.0219 e. The average molecular weight is 441 g/mol. The number of fused-ring (bicyclic) bond motifs is 1. The van der Waals surface area contributed by atoms with Crippen molar-refractivity contribution in [3.8, 4) is 0 Å². The highest BCUT2D eigenvalue weighted by molar-refractivity contribution is 5.30. The molecule has 0 N–H and O–H groups in total. The van der Waals surface area contributed by atoms with E-state index in [0.717, 1.165) is 0 Å². The summed E-state index contributed by atoms with van der Waals surface area (Å²) in [5, 5.41) is 0. The predicted octanol–water partition coefficient (Wildman–Crippen LogP) is 10.8. The Balaban J connectivity index is 0. The van der Waals surface area contributed by atoms with Gasteiger partial charge in [0.25, 0.3) is 0 Å². The van der Waals surface area contributed by atoms with Crippen LogP contribution in [0.4, 0.5) is 0 Å². The predicted molar refractivity (Wildman–Crippen MR) is 150 cm³/mol. The molecule has 0 atom stereocenters. The summed E-state index contributed by atoms with van der Waals surface area (Å²) in [6.07, 6.45) is 3.96. The van der Waals surface area contributed by atoms with Gasteiger partial charge in [-0.3, -0.25) is 0 Å². The van der Waals surface area contributed by atoms with Gasteiger partial charge in [0.2, 0.25) is 0 Å². The summed E-state index contributed by atoms with van der Waals surface area (Å²) in [5.74, 6) is 1.29. The molecule has 0 heteroatoms.